The second-order valence-corrected chi connectivity index (χ2v) is 5.04. The van der Waals surface area contributed by atoms with Crippen LogP contribution in [0.15, 0.2) is 30.5 Å². The Morgan fingerprint density at radius 2 is 2.12 bits per heavy atom. The summed E-state index contributed by atoms with van der Waals surface area (Å²) in [5.41, 5.74) is 1.31. The predicted octanol–water partition coefficient (Wildman–Crippen LogP) is 3.34. The van der Waals surface area contributed by atoms with Gasteiger partial charge in [0.05, 0.1) is 11.7 Å². The van der Waals surface area contributed by atoms with Crippen LogP contribution in [0.2, 0.25) is 0 Å². The molecule has 0 aromatic carbocycles. The van der Waals surface area contributed by atoms with Crippen molar-refractivity contribution in [2.24, 2.45) is 5.41 Å². The molecule has 0 bridgehead atoms. The predicted molar refractivity (Wildman–Crippen MR) is 68.2 cm³/mol. The van der Waals surface area contributed by atoms with Crippen molar-refractivity contribution in [1.82, 2.24) is 9.61 Å². The second kappa shape index (κ2) is 4.32. The smallest absolute Gasteiger partial charge is 0.186 e. The summed E-state index contributed by atoms with van der Waals surface area (Å²) in [5, 5.41) is 4.21. The largest absolute Gasteiger partial charge is 0.292 e. The fourth-order valence-corrected chi connectivity index (χ4v) is 2.21. The number of hydrogen-bond acceptors (Lipinski definition) is 2. The molecule has 3 heteroatoms. The zero-order chi connectivity index (χ0) is 12.5. The molecule has 0 atom stereocenters. The van der Waals surface area contributed by atoms with E-state index in [2.05, 4.69) is 12.0 Å². The molecule has 0 radical (unpaired) electrons. The van der Waals surface area contributed by atoms with Crippen molar-refractivity contribution < 1.29 is 4.79 Å². The normalized spacial score (nSPS) is 11.9. The van der Waals surface area contributed by atoms with Crippen LogP contribution in [-0.4, -0.2) is 15.4 Å². The van der Waals surface area contributed by atoms with E-state index in [1.165, 1.54) is 0 Å². The zero-order valence-electron chi connectivity index (χ0n) is 10.6. The van der Waals surface area contributed by atoms with E-state index < -0.39 is 0 Å². The van der Waals surface area contributed by atoms with E-state index in [-0.39, 0.29) is 11.2 Å². The van der Waals surface area contributed by atoms with E-state index in [4.69, 9.17) is 0 Å². The molecule has 0 unspecified atom stereocenters. The molecule has 3 nitrogen and oxygen atoms in total. The Balaban J connectivity index is 2.46. The van der Waals surface area contributed by atoms with Gasteiger partial charge in [0.25, 0.3) is 0 Å². The summed E-state index contributed by atoms with van der Waals surface area (Å²) in [5.74, 6) is 0.161. The summed E-state index contributed by atoms with van der Waals surface area (Å²) in [6.45, 7) is 6.10. The third-order valence-corrected chi connectivity index (χ3v) is 3.14. The molecular weight excluding hydrogens is 212 g/mol. The lowest BCUT2D eigenvalue weighted by Gasteiger charge is -2.22. The quantitative estimate of drug-likeness (QED) is 0.755. The number of hydrogen-bond donors (Lipinski definition) is 0. The number of carbonyl (C=O) groups is 1. The average Bonchev–Trinajstić information content (AvgIpc) is 2.75. The van der Waals surface area contributed by atoms with Gasteiger partial charge in [0.2, 0.25) is 0 Å². The Morgan fingerprint density at radius 3 is 2.82 bits per heavy atom. The molecule has 0 saturated carbocycles. The molecule has 2 aromatic heterocycles. The minimum Gasteiger partial charge on any atom is -0.292 e. The molecule has 17 heavy (non-hydrogen) atoms. The minimum absolute atomic E-state index is 0.161. The maximum atomic E-state index is 12.5. The van der Waals surface area contributed by atoms with Crippen LogP contribution in [0.25, 0.3) is 5.52 Å². The fraction of sp³-hybridized carbons (Fsp3) is 0.429. The molecule has 0 amide bonds. The lowest BCUT2D eigenvalue weighted by atomic mass is 9.82. The number of aromatic nitrogens is 2. The van der Waals surface area contributed by atoms with Crippen LogP contribution >= 0.6 is 0 Å². The zero-order valence-corrected chi connectivity index (χ0v) is 10.6. The summed E-state index contributed by atoms with van der Waals surface area (Å²) in [4.78, 5) is 12.5. The number of ketones is 1. The van der Waals surface area contributed by atoms with Gasteiger partial charge in [-0.2, -0.15) is 5.10 Å². The van der Waals surface area contributed by atoms with Gasteiger partial charge in [-0.1, -0.05) is 33.3 Å². The van der Waals surface area contributed by atoms with Crippen LogP contribution in [0.5, 0.6) is 0 Å². The molecule has 0 N–H and O–H groups in total. The summed E-state index contributed by atoms with van der Waals surface area (Å²) < 4.78 is 1.72. The Bertz CT molecular complexity index is 540. The van der Waals surface area contributed by atoms with Crippen molar-refractivity contribution in [1.29, 1.82) is 0 Å². The van der Waals surface area contributed by atoms with E-state index in [1.807, 2.05) is 38.1 Å². The standard InChI is InChI=1S/C14H18N2O/c1-4-9-14(2,3)13(17)12-7-5-6-11-8-10-15-16(11)12/h5-8,10H,4,9H2,1-3H3. The second-order valence-electron chi connectivity index (χ2n) is 5.04. The fourth-order valence-electron chi connectivity index (χ4n) is 2.21. The monoisotopic (exact) mass is 230 g/mol. The van der Waals surface area contributed by atoms with Crippen LogP contribution in [0, 0.1) is 5.41 Å². The molecule has 0 spiro atoms. The third kappa shape index (κ3) is 2.09. The van der Waals surface area contributed by atoms with E-state index in [0.29, 0.717) is 5.69 Å². The molecule has 2 rings (SSSR count). The molecule has 0 aliphatic rings. The highest BCUT2D eigenvalue weighted by atomic mass is 16.1. The first-order valence-electron chi connectivity index (χ1n) is 6.04. The molecular formula is C14H18N2O. The van der Waals surface area contributed by atoms with Crippen LogP contribution in [0.3, 0.4) is 0 Å². The number of fused-ring (bicyclic) bond motifs is 1. The Kier molecular flexibility index (Phi) is 3.01. The molecule has 2 heterocycles. The van der Waals surface area contributed by atoms with Gasteiger partial charge in [-0.3, -0.25) is 4.79 Å². The van der Waals surface area contributed by atoms with Crippen molar-refractivity contribution in [3.05, 3.63) is 36.2 Å². The highest BCUT2D eigenvalue weighted by Crippen LogP contribution is 2.27. The van der Waals surface area contributed by atoms with Crippen molar-refractivity contribution in [2.75, 3.05) is 0 Å². The SMILES string of the molecule is CCCC(C)(C)C(=O)c1cccc2ccnn12. The lowest BCUT2D eigenvalue weighted by molar-refractivity contribution is 0.0817. The lowest BCUT2D eigenvalue weighted by Crippen LogP contribution is -2.26. The van der Waals surface area contributed by atoms with Gasteiger partial charge < -0.3 is 0 Å². The van der Waals surface area contributed by atoms with E-state index in [9.17, 15) is 4.79 Å². The van der Waals surface area contributed by atoms with Crippen LogP contribution < -0.4 is 0 Å². The summed E-state index contributed by atoms with van der Waals surface area (Å²) >= 11 is 0. The average molecular weight is 230 g/mol. The van der Waals surface area contributed by atoms with Crippen LogP contribution in [-0.2, 0) is 0 Å². The van der Waals surface area contributed by atoms with E-state index in [0.717, 1.165) is 18.4 Å². The third-order valence-electron chi connectivity index (χ3n) is 3.14. The van der Waals surface area contributed by atoms with Crippen molar-refractivity contribution in [2.45, 2.75) is 33.6 Å². The van der Waals surface area contributed by atoms with Crippen molar-refractivity contribution >= 4 is 11.3 Å². The Morgan fingerprint density at radius 1 is 1.35 bits per heavy atom. The molecule has 0 aliphatic heterocycles. The first-order chi connectivity index (χ1) is 8.06. The van der Waals surface area contributed by atoms with Gasteiger partial charge in [0, 0.05) is 5.41 Å². The molecule has 2 aromatic rings. The summed E-state index contributed by atoms with van der Waals surface area (Å²) in [7, 11) is 0. The van der Waals surface area contributed by atoms with E-state index in [1.54, 1.807) is 10.7 Å². The van der Waals surface area contributed by atoms with Crippen LogP contribution in [0.4, 0.5) is 0 Å². The number of rotatable bonds is 4. The van der Waals surface area contributed by atoms with Gasteiger partial charge in [-0.15, -0.1) is 0 Å². The van der Waals surface area contributed by atoms with Gasteiger partial charge in [0.15, 0.2) is 5.78 Å². The summed E-state index contributed by atoms with van der Waals surface area (Å²) in [6, 6.07) is 7.62. The number of Topliss-reactive ketones (excluding diaryl/α,β-unsaturated/α-hetero) is 1. The number of carbonyl (C=O) groups excluding carboxylic acids is 1. The maximum Gasteiger partial charge on any atom is 0.186 e. The first-order valence-corrected chi connectivity index (χ1v) is 6.04. The minimum atomic E-state index is -0.324. The Hall–Kier alpha value is -1.64. The highest BCUT2D eigenvalue weighted by molar-refractivity contribution is 5.99. The number of nitrogens with zero attached hydrogens (tertiary/aromatic N) is 2. The van der Waals surface area contributed by atoms with Gasteiger partial charge in [-0.05, 0) is 24.6 Å². The van der Waals surface area contributed by atoms with Crippen molar-refractivity contribution in [3.63, 3.8) is 0 Å². The molecule has 0 aliphatic carbocycles. The highest BCUT2D eigenvalue weighted by Gasteiger charge is 2.29. The maximum absolute atomic E-state index is 12.5. The van der Waals surface area contributed by atoms with Crippen molar-refractivity contribution in [3.8, 4) is 0 Å². The van der Waals surface area contributed by atoms with Crippen LogP contribution in [0.1, 0.15) is 44.1 Å². The number of pyridine rings is 1. The molecule has 90 valence electrons. The summed E-state index contributed by atoms with van der Waals surface area (Å²) in [6.07, 6.45) is 3.62. The molecule has 0 fully saturated rings. The Labute approximate surface area is 101 Å². The molecule has 0 saturated heterocycles. The van der Waals surface area contributed by atoms with Gasteiger partial charge >= 0.3 is 0 Å². The van der Waals surface area contributed by atoms with Gasteiger partial charge in [0.1, 0.15) is 5.69 Å². The topological polar surface area (TPSA) is 34.4 Å². The first kappa shape index (κ1) is 11.8. The van der Waals surface area contributed by atoms with E-state index >= 15 is 0 Å². The van der Waals surface area contributed by atoms with Gasteiger partial charge in [-0.25, -0.2) is 4.52 Å².